The third kappa shape index (κ3) is 4.76. The van der Waals surface area contributed by atoms with Crippen molar-refractivity contribution in [3.8, 4) is 0 Å². The standard InChI is InChI=1S/C8H16F4N2/c1-7(2,3-13)4-14-5-8(11,12)6(9)10/h6,14H,3-5,13H2,1-2H3. The molecule has 86 valence electrons. The van der Waals surface area contributed by atoms with Crippen molar-refractivity contribution in [1.82, 2.24) is 5.32 Å². The summed E-state index contributed by atoms with van der Waals surface area (Å²) in [5, 5.41) is 2.29. The van der Waals surface area contributed by atoms with Gasteiger partial charge in [-0.2, -0.15) is 8.78 Å². The molecule has 0 amide bonds. The maximum atomic E-state index is 12.4. The molecule has 0 fully saturated rings. The van der Waals surface area contributed by atoms with Gasteiger partial charge in [0.1, 0.15) is 0 Å². The lowest BCUT2D eigenvalue weighted by molar-refractivity contribution is -0.125. The number of alkyl halides is 4. The van der Waals surface area contributed by atoms with E-state index < -0.39 is 18.9 Å². The zero-order valence-electron chi connectivity index (χ0n) is 8.29. The van der Waals surface area contributed by atoms with Gasteiger partial charge in [-0.1, -0.05) is 13.8 Å². The van der Waals surface area contributed by atoms with Crippen molar-refractivity contribution >= 4 is 0 Å². The predicted molar refractivity (Wildman–Crippen MR) is 46.7 cm³/mol. The van der Waals surface area contributed by atoms with Crippen LogP contribution in [0.5, 0.6) is 0 Å². The predicted octanol–water partition coefficient (Wildman–Crippen LogP) is 1.46. The number of hydrogen-bond donors (Lipinski definition) is 2. The van der Waals surface area contributed by atoms with Crippen LogP contribution in [-0.4, -0.2) is 32.0 Å². The molecule has 0 rings (SSSR count). The Labute approximate surface area is 80.8 Å². The van der Waals surface area contributed by atoms with Gasteiger partial charge in [0.2, 0.25) is 0 Å². The van der Waals surface area contributed by atoms with Crippen LogP contribution in [0, 0.1) is 5.41 Å². The molecule has 2 nitrogen and oxygen atoms in total. The lowest BCUT2D eigenvalue weighted by atomic mass is 9.94. The Morgan fingerprint density at radius 2 is 1.71 bits per heavy atom. The van der Waals surface area contributed by atoms with E-state index >= 15 is 0 Å². The van der Waals surface area contributed by atoms with Crippen molar-refractivity contribution in [3.63, 3.8) is 0 Å². The Morgan fingerprint density at radius 3 is 2.07 bits per heavy atom. The van der Waals surface area contributed by atoms with Crippen LogP contribution >= 0.6 is 0 Å². The molecule has 0 heterocycles. The van der Waals surface area contributed by atoms with E-state index in [2.05, 4.69) is 5.32 Å². The molecule has 0 aromatic rings. The molecular weight excluding hydrogens is 200 g/mol. The second kappa shape index (κ2) is 4.93. The zero-order valence-corrected chi connectivity index (χ0v) is 8.29. The summed E-state index contributed by atoms with van der Waals surface area (Å²) in [6, 6.07) is 0. The van der Waals surface area contributed by atoms with Crippen LogP contribution < -0.4 is 11.1 Å². The van der Waals surface area contributed by atoms with Crippen LogP contribution in [0.3, 0.4) is 0 Å². The molecule has 0 aromatic carbocycles. The fraction of sp³-hybridized carbons (Fsp3) is 1.00. The molecule has 14 heavy (non-hydrogen) atoms. The Bertz CT molecular complexity index is 171. The van der Waals surface area contributed by atoms with Gasteiger partial charge in [0.15, 0.2) is 0 Å². The SMILES string of the molecule is CC(C)(CN)CNCC(F)(F)C(F)F. The topological polar surface area (TPSA) is 38.0 Å². The minimum absolute atomic E-state index is 0.186. The molecule has 0 unspecified atom stereocenters. The second-order valence-corrected chi connectivity index (χ2v) is 4.03. The van der Waals surface area contributed by atoms with Crippen LogP contribution in [0.15, 0.2) is 0 Å². The first-order chi connectivity index (χ1) is 6.21. The number of halogens is 4. The van der Waals surface area contributed by atoms with Crippen LogP contribution in [-0.2, 0) is 0 Å². The molecule has 0 aliphatic rings. The third-order valence-electron chi connectivity index (χ3n) is 1.84. The molecular formula is C8H16F4N2. The van der Waals surface area contributed by atoms with Gasteiger partial charge in [-0.25, -0.2) is 8.78 Å². The van der Waals surface area contributed by atoms with Crippen molar-refractivity contribution in [1.29, 1.82) is 0 Å². The average Bonchev–Trinajstić information content (AvgIpc) is 2.03. The first-order valence-corrected chi connectivity index (χ1v) is 4.28. The van der Waals surface area contributed by atoms with Crippen LogP contribution in [0.2, 0.25) is 0 Å². The molecule has 0 saturated heterocycles. The van der Waals surface area contributed by atoms with Gasteiger partial charge in [0.05, 0.1) is 6.54 Å². The van der Waals surface area contributed by atoms with E-state index in [1.165, 1.54) is 0 Å². The highest BCUT2D eigenvalue weighted by Crippen LogP contribution is 2.22. The summed E-state index contributed by atoms with van der Waals surface area (Å²) in [5.74, 6) is -3.97. The third-order valence-corrected chi connectivity index (χ3v) is 1.84. The average molecular weight is 216 g/mol. The van der Waals surface area contributed by atoms with Gasteiger partial charge >= 0.3 is 12.3 Å². The highest BCUT2D eigenvalue weighted by atomic mass is 19.3. The highest BCUT2D eigenvalue weighted by molar-refractivity contribution is 4.77. The normalized spacial score (nSPS) is 13.7. The molecule has 0 radical (unpaired) electrons. The fourth-order valence-corrected chi connectivity index (χ4v) is 0.717. The first-order valence-electron chi connectivity index (χ1n) is 4.28. The van der Waals surface area contributed by atoms with Gasteiger partial charge in [0, 0.05) is 6.54 Å². The van der Waals surface area contributed by atoms with Crippen molar-refractivity contribution in [2.45, 2.75) is 26.2 Å². The van der Waals surface area contributed by atoms with E-state index in [1.54, 1.807) is 13.8 Å². The molecule has 0 aromatic heterocycles. The van der Waals surface area contributed by atoms with Gasteiger partial charge in [-0.3, -0.25) is 0 Å². The monoisotopic (exact) mass is 216 g/mol. The summed E-state index contributed by atoms with van der Waals surface area (Å²) in [7, 11) is 0. The smallest absolute Gasteiger partial charge is 0.319 e. The Hall–Kier alpha value is -0.360. The second-order valence-electron chi connectivity index (χ2n) is 4.03. The Morgan fingerprint density at radius 1 is 1.21 bits per heavy atom. The number of nitrogens with two attached hydrogens (primary N) is 1. The van der Waals surface area contributed by atoms with Crippen molar-refractivity contribution in [2.75, 3.05) is 19.6 Å². The number of nitrogens with one attached hydrogen (secondary N) is 1. The van der Waals surface area contributed by atoms with Crippen LogP contribution in [0.25, 0.3) is 0 Å². The van der Waals surface area contributed by atoms with Gasteiger partial charge < -0.3 is 11.1 Å². The fourth-order valence-electron chi connectivity index (χ4n) is 0.717. The Kier molecular flexibility index (Phi) is 4.80. The molecule has 0 spiro atoms. The van der Waals surface area contributed by atoms with Crippen molar-refractivity contribution in [2.24, 2.45) is 11.1 Å². The maximum Gasteiger partial charge on any atom is 0.319 e. The summed E-state index contributed by atoms with van der Waals surface area (Å²) < 4.78 is 48.2. The zero-order chi connectivity index (χ0) is 11.4. The lowest BCUT2D eigenvalue weighted by Crippen LogP contribution is -2.43. The van der Waals surface area contributed by atoms with E-state index in [9.17, 15) is 17.6 Å². The van der Waals surface area contributed by atoms with Gasteiger partial charge in [-0.05, 0) is 12.0 Å². The van der Waals surface area contributed by atoms with E-state index in [0.29, 0.717) is 6.54 Å². The first kappa shape index (κ1) is 13.6. The largest absolute Gasteiger partial charge is 0.330 e. The summed E-state index contributed by atoms with van der Waals surface area (Å²) in [6.07, 6.45) is -3.63. The Balaban J connectivity index is 3.85. The summed E-state index contributed by atoms with van der Waals surface area (Å²) >= 11 is 0. The summed E-state index contributed by atoms with van der Waals surface area (Å²) in [5.41, 5.74) is 4.98. The molecule has 0 aliphatic heterocycles. The van der Waals surface area contributed by atoms with Gasteiger partial charge in [0.25, 0.3) is 0 Å². The number of rotatable bonds is 6. The van der Waals surface area contributed by atoms with Crippen molar-refractivity contribution in [3.05, 3.63) is 0 Å². The minimum atomic E-state index is -3.97. The quantitative estimate of drug-likeness (QED) is 0.660. The van der Waals surface area contributed by atoms with E-state index in [0.717, 1.165) is 0 Å². The van der Waals surface area contributed by atoms with E-state index in [1.807, 2.05) is 0 Å². The summed E-state index contributed by atoms with van der Waals surface area (Å²) in [6.45, 7) is 3.00. The summed E-state index contributed by atoms with van der Waals surface area (Å²) in [4.78, 5) is 0. The molecule has 0 atom stereocenters. The number of hydrogen-bond acceptors (Lipinski definition) is 2. The van der Waals surface area contributed by atoms with Crippen molar-refractivity contribution < 1.29 is 17.6 Å². The lowest BCUT2D eigenvalue weighted by Gasteiger charge is -2.24. The van der Waals surface area contributed by atoms with E-state index in [-0.39, 0.29) is 12.0 Å². The van der Waals surface area contributed by atoms with Gasteiger partial charge in [-0.15, -0.1) is 0 Å². The molecule has 3 N–H and O–H groups in total. The molecule has 0 aliphatic carbocycles. The van der Waals surface area contributed by atoms with Crippen LogP contribution in [0.1, 0.15) is 13.8 Å². The van der Waals surface area contributed by atoms with Crippen LogP contribution in [0.4, 0.5) is 17.6 Å². The maximum absolute atomic E-state index is 12.4. The molecule has 0 bridgehead atoms. The van der Waals surface area contributed by atoms with E-state index in [4.69, 9.17) is 5.73 Å². The molecule has 6 heteroatoms. The highest BCUT2D eigenvalue weighted by Gasteiger charge is 2.40. The molecule has 0 saturated carbocycles. The minimum Gasteiger partial charge on any atom is -0.330 e.